The van der Waals surface area contributed by atoms with Gasteiger partial charge in [0.05, 0.1) is 0 Å². The Bertz CT molecular complexity index is 1020. The molecule has 3 rings (SSSR count). The Morgan fingerprint density at radius 1 is 1.23 bits per heavy atom. The summed E-state index contributed by atoms with van der Waals surface area (Å²) in [4.78, 5) is 39.9. The summed E-state index contributed by atoms with van der Waals surface area (Å²) in [5.74, 6) is -0.300. The van der Waals surface area contributed by atoms with Gasteiger partial charge in [-0.25, -0.2) is 4.79 Å². The first kappa shape index (κ1) is 22.4. The number of nitrogens with one attached hydrogen (secondary N) is 2. The van der Waals surface area contributed by atoms with Crippen molar-refractivity contribution in [3.05, 3.63) is 66.2 Å². The highest BCUT2D eigenvalue weighted by atomic mass is 32.2. The summed E-state index contributed by atoms with van der Waals surface area (Å²) in [7, 11) is 0. The first-order valence-corrected chi connectivity index (χ1v) is 10.9. The monoisotopic (exact) mass is 439 g/mol. The van der Waals surface area contributed by atoms with Crippen molar-refractivity contribution < 1.29 is 19.1 Å². The van der Waals surface area contributed by atoms with Crippen molar-refractivity contribution in [2.75, 3.05) is 24.7 Å². The number of imide groups is 1. The number of rotatable bonds is 8. The standard InChI is InChI=1S/C23H25N3O4S/c1-15(2)14-30-18-10-8-16(9-11-18)23(3)21(28)26(22(29)25-23)13-20(27)24-17-6-5-7-19(12-17)31-4/h5-12H,1,13-14H2,2-4H3,(H,24,27)(H,25,29). The van der Waals surface area contributed by atoms with Crippen molar-refractivity contribution in [3.63, 3.8) is 0 Å². The summed E-state index contributed by atoms with van der Waals surface area (Å²) in [5.41, 5.74) is 0.840. The minimum Gasteiger partial charge on any atom is -0.489 e. The molecule has 0 aromatic heterocycles. The van der Waals surface area contributed by atoms with Crippen LogP contribution in [0.3, 0.4) is 0 Å². The Morgan fingerprint density at radius 2 is 1.94 bits per heavy atom. The number of amides is 4. The minimum absolute atomic E-state index is 0.371. The van der Waals surface area contributed by atoms with Crippen LogP contribution in [0.5, 0.6) is 5.75 Å². The van der Waals surface area contributed by atoms with Crippen LogP contribution in [0.25, 0.3) is 0 Å². The number of hydrogen-bond donors (Lipinski definition) is 2. The Labute approximate surface area is 185 Å². The molecule has 0 saturated carbocycles. The molecule has 1 saturated heterocycles. The molecule has 0 bridgehead atoms. The lowest BCUT2D eigenvalue weighted by Crippen LogP contribution is -2.42. The summed E-state index contributed by atoms with van der Waals surface area (Å²) in [6, 6.07) is 13.7. The molecule has 2 N–H and O–H groups in total. The molecule has 1 heterocycles. The summed E-state index contributed by atoms with van der Waals surface area (Å²) >= 11 is 1.55. The average Bonchev–Trinajstić information content (AvgIpc) is 2.96. The van der Waals surface area contributed by atoms with Crippen molar-refractivity contribution in [3.8, 4) is 5.75 Å². The van der Waals surface area contributed by atoms with Gasteiger partial charge >= 0.3 is 6.03 Å². The van der Waals surface area contributed by atoms with Crippen LogP contribution in [0, 0.1) is 0 Å². The summed E-state index contributed by atoms with van der Waals surface area (Å²) in [6.45, 7) is 7.31. The quantitative estimate of drug-likeness (QED) is 0.371. The maximum atomic E-state index is 13.0. The van der Waals surface area contributed by atoms with Crippen LogP contribution >= 0.6 is 11.8 Å². The zero-order chi connectivity index (χ0) is 22.6. The molecular weight excluding hydrogens is 414 g/mol. The molecule has 4 amide bonds. The molecule has 1 aliphatic rings. The number of hydrogen-bond acceptors (Lipinski definition) is 5. The van der Waals surface area contributed by atoms with Crippen molar-refractivity contribution in [2.24, 2.45) is 0 Å². The number of benzene rings is 2. The van der Waals surface area contributed by atoms with Gasteiger partial charge in [-0.2, -0.15) is 0 Å². The van der Waals surface area contributed by atoms with E-state index < -0.39 is 23.4 Å². The van der Waals surface area contributed by atoms with E-state index in [2.05, 4.69) is 17.2 Å². The summed E-state index contributed by atoms with van der Waals surface area (Å²) < 4.78 is 5.58. The fraction of sp³-hybridized carbons (Fsp3) is 0.261. The first-order chi connectivity index (χ1) is 14.7. The number of carbonyl (C=O) groups excluding carboxylic acids is 3. The van der Waals surface area contributed by atoms with Crippen molar-refractivity contribution in [2.45, 2.75) is 24.3 Å². The second-order valence-corrected chi connectivity index (χ2v) is 8.38. The molecule has 1 fully saturated rings. The fourth-order valence-corrected chi connectivity index (χ4v) is 3.63. The van der Waals surface area contributed by atoms with Crippen LogP contribution in [-0.2, 0) is 15.1 Å². The molecule has 1 unspecified atom stereocenters. The molecule has 0 spiro atoms. The van der Waals surface area contributed by atoms with E-state index in [0.29, 0.717) is 23.6 Å². The number of ether oxygens (including phenoxy) is 1. The minimum atomic E-state index is -1.26. The maximum Gasteiger partial charge on any atom is 0.325 e. The van der Waals surface area contributed by atoms with Gasteiger partial charge in [-0.3, -0.25) is 14.5 Å². The number of urea groups is 1. The predicted molar refractivity (Wildman–Crippen MR) is 121 cm³/mol. The third-order valence-electron chi connectivity index (χ3n) is 4.85. The second kappa shape index (κ2) is 9.26. The van der Waals surface area contributed by atoms with Gasteiger partial charge in [-0.1, -0.05) is 24.8 Å². The van der Waals surface area contributed by atoms with E-state index in [1.54, 1.807) is 49.0 Å². The summed E-state index contributed by atoms with van der Waals surface area (Å²) in [6.07, 6.45) is 1.94. The zero-order valence-corrected chi connectivity index (χ0v) is 18.5. The number of carbonyl (C=O) groups is 3. The average molecular weight is 440 g/mol. The molecule has 1 atom stereocenters. The smallest absolute Gasteiger partial charge is 0.325 e. The number of anilines is 1. The lowest BCUT2D eigenvalue weighted by Gasteiger charge is -2.22. The van der Waals surface area contributed by atoms with Crippen LogP contribution < -0.4 is 15.4 Å². The van der Waals surface area contributed by atoms with Crippen LogP contribution in [0.1, 0.15) is 19.4 Å². The van der Waals surface area contributed by atoms with E-state index in [1.165, 1.54) is 0 Å². The maximum absolute atomic E-state index is 13.0. The molecule has 0 radical (unpaired) electrons. The van der Waals surface area contributed by atoms with Gasteiger partial charge in [0.25, 0.3) is 5.91 Å². The van der Waals surface area contributed by atoms with Gasteiger partial charge in [0.1, 0.15) is 24.4 Å². The van der Waals surface area contributed by atoms with Gasteiger partial charge in [-0.05, 0) is 61.6 Å². The second-order valence-electron chi connectivity index (χ2n) is 7.50. The molecule has 2 aromatic carbocycles. The van der Waals surface area contributed by atoms with E-state index in [4.69, 9.17) is 4.74 Å². The third-order valence-corrected chi connectivity index (χ3v) is 5.57. The van der Waals surface area contributed by atoms with Gasteiger partial charge in [0, 0.05) is 10.6 Å². The van der Waals surface area contributed by atoms with Crippen molar-refractivity contribution >= 4 is 35.3 Å². The number of thioether (sulfide) groups is 1. The van der Waals surface area contributed by atoms with Crippen molar-refractivity contribution in [1.29, 1.82) is 0 Å². The predicted octanol–water partition coefficient (Wildman–Crippen LogP) is 3.77. The highest BCUT2D eigenvalue weighted by Gasteiger charge is 2.49. The molecule has 1 aliphatic heterocycles. The van der Waals surface area contributed by atoms with Gasteiger partial charge in [0.15, 0.2) is 0 Å². The Kier molecular flexibility index (Phi) is 6.70. The Balaban J connectivity index is 1.69. The molecule has 7 nitrogen and oxygen atoms in total. The van der Waals surface area contributed by atoms with Crippen molar-refractivity contribution in [1.82, 2.24) is 10.2 Å². The largest absolute Gasteiger partial charge is 0.489 e. The van der Waals surface area contributed by atoms with E-state index >= 15 is 0 Å². The Hall–Kier alpha value is -3.26. The fourth-order valence-electron chi connectivity index (χ4n) is 3.17. The van der Waals surface area contributed by atoms with Gasteiger partial charge < -0.3 is 15.4 Å². The molecule has 31 heavy (non-hydrogen) atoms. The van der Waals surface area contributed by atoms with E-state index in [0.717, 1.165) is 15.4 Å². The van der Waals surface area contributed by atoms with Gasteiger partial charge in [-0.15, -0.1) is 11.8 Å². The summed E-state index contributed by atoms with van der Waals surface area (Å²) in [5, 5.41) is 5.44. The normalized spacial score (nSPS) is 18.0. The van der Waals surface area contributed by atoms with Crippen LogP contribution in [0.2, 0.25) is 0 Å². The molecule has 162 valence electrons. The topological polar surface area (TPSA) is 87.7 Å². The molecule has 8 heteroatoms. The number of nitrogens with zero attached hydrogens (tertiary/aromatic N) is 1. The van der Waals surface area contributed by atoms with Gasteiger partial charge in [0.2, 0.25) is 5.91 Å². The van der Waals surface area contributed by atoms with Crippen LogP contribution in [0.4, 0.5) is 10.5 Å². The highest BCUT2D eigenvalue weighted by Crippen LogP contribution is 2.30. The molecule has 0 aliphatic carbocycles. The SMILES string of the molecule is C=C(C)COc1ccc(C2(C)NC(=O)N(CC(=O)Nc3cccc(SC)c3)C2=O)cc1. The molecule has 2 aromatic rings. The first-order valence-electron chi connectivity index (χ1n) is 9.68. The Morgan fingerprint density at radius 3 is 2.58 bits per heavy atom. The molecular formula is C23H25N3O4S. The third kappa shape index (κ3) is 5.08. The lowest BCUT2D eigenvalue weighted by molar-refractivity contribution is -0.133. The van der Waals surface area contributed by atoms with Crippen LogP contribution in [0.15, 0.2) is 65.6 Å². The van der Waals surface area contributed by atoms with E-state index in [-0.39, 0.29) is 6.54 Å². The lowest BCUT2D eigenvalue weighted by atomic mass is 9.92. The van der Waals surface area contributed by atoms with E-state index in [1.807, 2.05) is 31.4 Å². The van der Waals surface area contributed by atoms with E-state index in [9.17, 15) is 14.4 Å². The van der Waals surface area contributed by atoms with Crippen LogP contribution in [-0.4, -0.2) is 42.2 Å². The highest BCUT2D eigenvalue weighted by molar-refractivity contribution is 7.98. The zero-order valence-electron chi connectivity index (χ0n) is 17.7.